The lowest BCUT2D eigenvalue weighted by atomic mass is 10.1. The van der Waals surface area contributed by atoms with Crippen molar-refractivity contribution >= 4 is 22.5 Å². The van der Waals surface area contributed by atoms with Crippen LogP contribution in [0.1, 0.15) is 11.1 Å². The number of rotatable bonds is 9. The predicted octanol–water partition coefficient (Wildman–Crippen LogP) is 5.93. The van der Waals surface area contributed by atoms with E-state index in [0.717, 1.165) is 18.2 Å². The maximum absolute atomic E-state index is 14.8. The predicted molar refractivity (Wildman–Crippen MR) is 133 cm³/mol. The molecular formula is C27H23F4N3O4. The number of benzene rings is 3. The zero-order valence-electron chi connectivity index (χ0n) is 20.4. The molecule has 0 radical (unpaired) electrons. The third-order valence-corrected chi connectivity index (χ3v) is 5.51. The van der Waals surface area contributed by atoms with Gasteiger partial charge in [0.15, 0.2) is 23.1 Å². The highest BCUT2D eigenvalue weighted by molar-refractivity contribution is 5.92. The molecule has 0 saturated heterocycles. The highest BCUT2D eigenvalue weighted by Crippen LogP contribution is 2.37. The van der Waals surface area contributed by atoms with Gasteiger partial charge in [-0.2, -0.15) is 13.2 Å². The molecule has 0 atom stereocenters. The molecule has 7 nitrogen and oxygen atoms in total. The Bertz CT molecular complexity index is 1460. The maximum atomic E-state index is 14.8. The van der Waals surface area contributed by atoms with E-state index in [2.05, 4.69) is 15.6 Å². The number of carbonyl (C=O) groups excluding carboxylic acids is 1. The summed E-state index contributed by atoms with van der Waals surface area (Å²) < 4.78 is 69.7. The number of hydrogen-bond donors (Lipinski definition) is 2. The number of pyridine rings is 1. The number of ether oxygens (including phenoxy) is 3. The Morgan fingerprint density at radius 1 is 0.921 bits per heavy atom. The van der Waals surface area contributed by atoms with Gasteiger partial charge < -0.3 is 24.8 Å². The number of nitrogens with zero attached hydrogens (tertiary/aromatic N) is 1. The molecule has 0 aliphatic rings. The smallest absolute Gasteiger partial charge is 0.416 e. The van der Waals surface area contributed by atoms with Gasteiger partial charge in [-0.05, 0) is 35.9 Å². The van der Waals surface area contributed by atoms with Gasteiger partial charge in [0, 0.05) is 35.9 Å². The monoisotopic (exact) mass is 529 g/mol. The molecule has 11 heteroatoms. The first kappa shape index (κ1) is 26.7. The summed E-state index contributed by atoms with van der Waals surface area (Å²) in [5.74, 6) is -0.00643. The lowest BCUT2D eigenvalue weighted by Gasteiger charge is -2.13. The van der Waals surface area contributed by atoms with Crippen LogP contribution >= 0.6 is 0 Å². The van der Waals surface area contributed by atoms with Crippen LogP contribution in [-0.2, 0) is 17.5 Å². The standard InChI is InChI=1S/C27H23F4N3O4/c1-36-24-12-19-21(13-25(24)37-2)33-9-8-22(19)38-23-7-6-18(11-20(23)28)34-26(35)15-32-14-16-4-3-5-17(10-16)27(29,30)31/h3-13,32H,14-15H2,1-2H3,(H,34,35). The number of carbonyl (C=O) groups is 1. The van der Waals surface area contributed by atoms with E-state index in [1.807, 2.05) is 0 Å². The van der Waals surface area contributed by atoms with Gasteiger partial charge in [-0.25, -0.2) is 4.39 Å². The average molecular weight is 529 g/mol. The molecule has 38 heavy (non-hydrogen) atoms. The fraction of sp³-hybridized carbons (Fsp3) is 0.185. The molecule has 0 spiro atoms. The van der Waals surface area contributed by atoms with Crippen LogP contribution in [0.2, 0.25) is 0 Å². The summed E-state index contributed by atoms with van der Waals surface area (Å²) in [5.41, 5.74) is 0.353. The fourth-order valence-electron chi connectivity index (χ4n) is 3.70. The van der Waals surface area contributed by atoms with E-state index in [9.17, 15) is 22.4 Å². The molecule has 0 bridgehead atoms. The van der Waals surface area contributed by atoms with Gasteiger partial charge in [0.25, 0.3) is 0 Å². The molecule has 0 unspecified atom stereocenters. The largest absolute Gasteiger partial charge is 0.493 e. The minimum atomic E-state index is -4.45. The molecule has 4 aromatic rings. The molecule has 2 N–H and O–H groups in total. The number of aromatic nitrogens is 1. The lowest BCUT2D eigenvalue weighted by Crippen LogP contribution is -2.27. The van der Waals surface area contributed by atoms with E-state index >= 15 is 0 Å². The van der Waals surface area contributed by atoms with E-state index in [-0.39, 0.29) is 24.5 Å². The summed E-state index contributed by atoms with van der Waals surface area (Å²) in [6.07, 6.45) is -2.93. The molecule has 1 amide bonds. The van der Waals surface area contributed by atoms with Crippen molar-refractivity contribution < 1.29 is 36.6 Å². The number of methoxy groups -OCH3 is 2. The second kappa shape index (κ2) is 11.3. The van der Waals surface area contributed by atoms with Crippen LogP contribution in [0.25, 0.3) is 10.9 Å². The highest BCUT2D eigenvalue weighted by atomic mass is 19.4. The number of amides is 1. The number of anilines is 1. The van der Waals surface area contributed by atoms with Crippen LogP contribution in [0.4, 0.5) is 23.2 Å². The van der Waals surface area contributed by atoms with Crippen molar-refractivity contribution in [2.45, 2.75) is 12.7 Å². The summed E-state index contributed by atoms with van der Waals surface area (Å²) in [6.45, 7) is -0.139. The molecule has 0 aliphatic carbocycles. The molecule has 0 saturated carbocycles. The molecule has 1 aromatic heterocycles. The third kappa shape index (κ3) is 6.30. The number of alkyl halides is 3. The van der Waals surface area contributed by atoms with Crippen molar-refractivity contribution in [3.8, 4) is 23.0 Å². The highest BCUT2D eigenvalue weighted by Gasteiger charge is 2.30. The summed E-state index contributed by atoms with van der Waals surface area (Å²) in [7, 11) is 3.00. The molecule has 0 aliphatic heterocycles. The molecule has 198 valence electrons. The zero-order chi connectivity index (χ0) is 27.3. The second-order valence-electron chi connectivity index (χ2n) is 8.13. The van der Waals surface area contributed by atoms with Gasteiger partial charge in [-0.15, -0.1) is 0 Å². The van der Waals surface area contributed by atoms with Crippen LogP contribution in [0, 0.1) is 5.82 Å². The van der Waals surface area contributed by atoms with Crippen molar-refractivity contribution in [2.24, 2.45) is 0 Å². The van der Waals surface area contributed by atoms with Crippen LogP contribution in [0.3, 0.4) is 0 Å². The molecule has 1 heterocycles. The quantitative estimate of drug-likeness (QED) is 0.262. The minimum absolute atomic E-state index is 0.0506. The SMILES string of the molecule is COc1cc2nccc(Oc3ccc(NC(=O)CNCc4cccc(C(F)(F)F)c4)cc3F)c2cc1OC. The van der Waals surface area contributed by atoms with Gasteiger partial charge in [0.1, 0.15) is 5.75 Å². The summed E-state index contributed by atoms with van der Waals surface area (Å²) in [6, 6.07) is 13.7. The Morgan fingerprint density at radius 2 is 1.68 bits per heavy atom. The van der Waals surface area contributed by atoms with Crippen molar-refractivity contribution in [3.05, 3.63) is 83.8 Å². The van der Waals surface area contributed by atoms with Crippen molar-refractivity contribution in [3.63, 3.8) is 0 Å². The van der Waals surface area contributed by atoms with E-state index in [0.29, 0.717) is 33.7 Å². The normalized spacial score (nSPS) is 11.3. The van der Waals surface area contributed by atoms with E-state index < -0.39 is 23.5 Å². The summed E-state index contributed by atoms with van der Waals surface area (Å²) in [4.78, 5) is 16.5. The Hall–Kier alpha value is -4.38. The first-order valence-corrected chi connectivity index (χ1v) is 11.3. The van der Waals surface area contributed by atoms with Gasteiger partial charge in [-0.1, -0.05) is 18.2 Å². The number of fused-ring (bicyclic) bond motifs is 1. The van der Waals surface area contributed by atoms with E-state index in [1.54, 1.807) is 18.2 Å². The fourth-order valence-corrected chi connectivity index (χ4v) is 3.70. The van der Waals surface area contributed by atoms with Crippen LogP contribution in [0.15, 0.2) is 66.9 Å². The minimum Gasteiger partial charge on any atom is -0.493 e. The second-order valence-corrected chi connectivity index (χ2v) is 8.13. The van der Waals surface area contributed by atoms with Crippen LogP contribution in [-0.4, -0.2) is 31.7 Å². The Balaban J connectivity index is 1.39. The topological polar surface area (TPSA) is 81.7 Å². The van der Waals surface area contributed by atoms with Crippen molar-refractivity contribution in [1.29, 1.82) is 0 Å². The first-order valence-electron chi connectivity index (χ1n) is 11.3. The number of hydrogen-bond acceptors (Lipinski definition) is 6. The van der Waals surface area contributed by atoms with Gasteiger partial charge >= 0.3 is 6.18 Å². The Kier molecular flexibility index (Phi) is 7.96. The Labute approximate surface area is 215 Å². The van der Waals surface area contributed by atoms with E-state index in [4.69, 9.17) is 14.2 Å². The summed E-state index contributed by atoms with van der Waals surface area (Å²) in [5, 5.41) is 5.88. The lowest BCUT2D eigenvalue weighted by molar-refractivity contribution is -0.137. The van der Waals surface area contributed by atoms with Gasteiger partial charge in [0.2, 0.25) is 5.91 Å². The van der Waals surface area contributed by atoms with Crippen molar-refractivity contribution in [2.75, 3.05) is 26.1 Å². The van der Waals surface area contributed by atoms with E-state index in [1.165, 1.54) is 44.7 Å². The average Bonchev–Trinajstić information content (AvgIpc) is 2.89. The van der Waals surface area contributed by atoms with Crippen molar-refractivity contribution in [1.82, 2.24) is 10.3 Å². The number of nitrogens with one attached hydrogen (secondary N) is 2. The maximum Gasteiger partial charge on any atom is 0.416 e. The Morgan fingerprint density at radius 3 is 2.39 bits per heavy atom. The van der Waals surface area contributed by atoms with Crippen LogP contribution in [0.5, 0.6) is 23.0 Å². The van der Waals surface area contributed by atoms with Gasteiger partial charge in [-0.3, -0.25) is 9.78 Å². The van der Waals surface area contributed by atoms with Crippen LogP contribution < -0.4 is 24.8 Å². The summed E-state index contributed by atoms with van der Waals surface area (Å²) >= 11 is 0. The number of halogens is 4. The molecule has 4 rings (SSSR count). The first-order chi connectivity index (χ1) is 18.2. The molecular weight excluding hydrogens is 506 g/mol. The zero-order valence-corrected chi connectivity index (χ0v) is 20.4. The third-order valence-electron chi connectivity index (χ3n) is 5.51. The van der Waals surface area contributed by atoms with Gasteiger partial charge in [0.05, 0.1) is 31.8 Å². The molecule has 3 aromatic carbocycles. The molecule has 0 fully saturated rings.